The van der Waals surface area contributed by atoms with Gasteiger partial charge in [0.15, 0.2) is 11.6 Å². The second kappa shape index (κ2) is 14.3. The number of para-hydroxylation sites is 2. The van der Waals surface area contributed by atoms with E-state index in [9.17, 15) is 0 Å². The van der Waals surface area contributed by atoms with Crippen molar-refractivity contribution in [3.63, 3.8) is 0 Å². The Morgan fingerprint density at radius 2 is 1.18 bits per heavy atom. The number of aromatic nitrogens is 5. The van der Waals surface area contributed by atoms with Crippen LogP contribution in [0.2, 0.25) is 0 Å². The molecule has 5 heteroatoms. The van der Waals surface area contributed by atoms with Gasteiger partial charge < -0.3 is 4.57 Å². The number of fused-ring (bicyclic) bond motifs is 7. The van der Waals surface area contributed by atoms with E-state index in [0.29, 0.717) is 23.2 Å². The third-order valence-corrected chi connectivity index (χ3v) is 10.9. The molecule has 270 valence electrons. The lowest BCUT2D eigenvalue weighted by Gasteiger charge is -2.18. The Bertz CT molecular complexity index is 3170. The van der Waals surface area contributed by atoms with Gasteiger partial charge in [-0.3, -0.25) is 4.57 Å². The standard InChI is InChI=1S/C52H37N5/c1-3-5-17-35(4-2)50-53-51(39-20-10-7-11-21-39)55-52(54-50)57-47-27-15-13-25-43(47)45-33-32-44-42-24-12-14-26-46(42)56(48(44)49(45)57)41-23-16-22-40(34-41)38-30-28-37(29-31-38)36-18-8-6-9-19-36/h2-3,5-15,17-21,23-34H,16,22H2,1H3/b5-3-,35-17+. The summed E-state index contributed by atoms with van der Waals surface area (Å²) in [5.41, 5.74) is 11.9. The van der Waals surface area contributed by atoms with Gasteiger partial charge in [0.1, 0.15) is 0 Å². The second-order valence-corrected chi connectivity index (χ2v) is 14.2. The molecule has 9 aromatic rings. The fraction of sp³-hybridized carbons (Fsp3) is 0.0577. The van der Waals surface area contributed by atoms with Gasteiger partial charge >= 0.3 is 0 Å². The van der Waals surface area contributed by atoms with E-state index in [2.05, 4.69) is 142 Å². The highest BCUT2D eigenvalue weighted by Gasteiger charge is 2.24. The number of hydrogen-bond donors (Lipinski definition) is 0. The van der Waals surface area contributed by atoms with E-state index >= 15 is 0 Å². The van der Waals surface area contributed by atoms with Crippen LogP contribution in [0.3, 0.4) is 0 Å². The Morgan fingerprint density at radius 1 is 0.596 bits per heavy atom. The predicted octanol–water partition coefficient (Wildman–Crippen LogP) is 12.7. The summed E-state index contributed by atoms with van der Waals surface area (Å²) in [6.07, 6.45) is 18.5. The van der Waals surface area contributed by atoms with Crippen LogP contribution in [0, 0.1) is 12.3 Å². The van der Waals surface area contributed by atoms with Crippen LogP contribution < -0.4 is 0 Å². The third-order valence-electron chi connectivity index (χ3n) is 10.9. The van der Waals surface area contributed by atoms with E-state index in [0.717, 1.165) is 62.3 Å². The van der Waals surface area contributed by atoms with Crippen molar-refractivity contribution >= 4 is 60.5 Å². The molecule has 57 heavy (non-hydrogen) atoms. The summed E-state index contributed by atoms with van der Waals surface area (Å²) in [5.74, 6) is 4.34. The first-order chi connectivity index (χ1) is 28.2. The molecule has 0 saturated heterocycles. The van der Waals surface area contributed by atoms with Gasteiger partial charge in [0.25, 0.3) is 0 Å². The molecular weight excluding hydrogens is 695 g/mol. The molecule has 6 aromatic carbocycles. The van der Waals surface area contributed by atoms with E-state index in [1.807, 2.05) is 55.5 Å². The lowest BCUT2D eigenvalue weighted by molar-refractivity contribution is 0.933. The minimum Gasteiger partial charge on any atom is -0.307 e. The van der Waals surface area contributed by atoms with Crippen LogP contribution >= 0.6 is 0 Å². The van der Waals surface area contributed by atoms with Crippen molar-refractivity contribution in [2.75, 3.05) is 0 Å². The maximum Gasteiger partial charge on any atom is 0.238 e. The Labute approximate surface area is 331 Å². The van der Waals surface area contributed by atoms with Gasteiger partial charge in [-0.25, -0.2) is 4.98 Å². The molecule has 3 heterocycles. The monoisotopic (exact) mass is 731 g/mol. The zero-order valence-corrected chi connectivity index (χ0v) is 31.5. The smallest absolute Gasteiger partial charge is 0.238 e. The normalized spacial score (nSPS) is 13.4. The molecule has 0 amide bonds. The summed E-state index contributed by atoms with van der Waals surface area (Å²) in [5, 5.41) is 4.57. The predicted molar refractivity (Wildman–Crippen MR) is 238 cm³/mol. The summed E-state index contributed by atoms with van der Waals surface area (Å²) < 4.78 is 4.65. The summed E-state index contributed by atoms with van der Waals surface area (Å²) in [6, 6.07) is 51.3. The average Bonchev–Trinajstić information content (AvgIpc) is 3.80. The fourth-order valence-electron chi connectivity index (χ4n) is 8.23. The minimum atomic E-state index is 0.443. The number of hydrogen-bond acceptors (Lipinski definition) is 3. The maximum atomic E-state index is 6.12. The highest BCUT2D eigenvalue weighted by atomic mass is 15.2. The molecule has 10 rings (SSSR count). The molecule has 0 saturated carbocycles. The Kier molecular flexibility index (Phi) is 8.50. The van der Waals surface area contributed by atoms with E-state index in [-0.39, 0.29) is 0 Å². The first-order valence-corrected chi connectivity index (χ1v) is 19.3. The van der Waals surface area contributed by atoms with Crippen LogP contribution in [-0.4, -0.2) is 24.1 Å². The molecule has 1 aliphatic rings. The minimum absolute atomic E-state index is 0.443. The number of rotatable bonds is 7. The largest absolute Gasteiger partial charge is 0.307 e. The number of nitrogens with zero attached hydrogens (tertiary/aromatic N) is 5. The van der Waals surface area contributed by atoms with E-state index in [1.54, 1.807) is 0 Å². The number of benzene rings is 6. The van der Waals surface area contributed by atoms with Crippen molar-refractivity contribution in [3.05, 3.63) is 187 Å². The first kappa shape index (κ1) is 34.0. The molecular formula is C52H37N5. The fourth-order valence-corrected chi connectivity index (χ4v) is 8.23. The zero-order valence-electron chi connectivity index (χ0n) is 31.5. The molecule has 0 atom stereocenters. The SMILES string of the molecule is C#C/C(=C\C=C/C)c1nc(-c2ccccc2)nc(-n2c3ccccc3c3ccc4c5ccccc5n(C5=CCCC(c6ccc(-c7ccccc7)cc6)=C5)c4c32)n1. The van der Waals surface area contributed by atoms with Crippen LogP contribution in [0.25, 0.3) is 88.9 Å². The molecule has 3 aromatic heterocycles. The lowest BCUT2D eigenvalue weighted by Crippen LogP contribution is -2.08. The second-order valence-electron chi connectivity index (χ2n) is 14.2. The highest BCUT2D eigenvalue weighted by Crippen LogP contribution is 2.43. The first-order valence-electron chi connectivity index (χ1n) is 19.3. The molecule has 0 aliphatic heterocycles. The molecule has 0 N–H and O–H groups in total. The molecule has 0 unspecified atom stereocenters. The lowest BCUT2D eigenvalue weighted by atomic mass is 9.94. The third kappa shape index (κ3) is 5.87. The van der Waals surface area contributed by atoms with Gasteiger partial charge in [-0.1, -0.05) is 158 Å². The van der Waals surface area contributed by atoms with Crippen LogP contribution in [0.4, 0.5) is 0 Å². The van der Waals surface area contributed by atoms with Crippen LogP contribution in [0.5, 0.6) is 0 Å². The summed E-state index contributed by atoms with van der Waals surface area (Å²) >= 11 is 0. The van der Waals surface area contributed by atoms with Gasteiger partial charge in [0, 0.05) is 32.8 Å². The average molecular weight is 732 g/mol. The number of allylic oxidation sites excluding steroid dienone is 8. The highest BCUT2D eigenvalue weighted by molar-refractivity contribution is 6.24. The summed E-state index contributed by atoms with van der Waals surface area (Å²) in [6.45, 7) is 1.96. The van der Waals surface area contributed by atoms with Gasteiger partial charge in [-0.15, -0.1) is 6.42 Å². The van der Waals surface area contributed by atoms with Crippen LogP contribution in [-0.2, 0) is 0 Å². The van der Waals surface area contributed by atoms with Crippen molar-refractivity contribution in [3.8, 4) is 40.8 Å². The van der Waals surface area contributed by atoms with Gasteiger partial charge in [0.2, 0.25) is 5.95 Å². The molecule has 0 spiro atoms. The van der Waals surface area contributed by atoms with Crippen molar-refractivity contribution in [1.29, 1.82) is 0 Å². The molecule has 5 nitrogen and oxygen atoms in total. The van der Waals surface area contributed by atoms with Crippen LogP contribution in [0.15, 0.2) is 176 Å². The summed E-state index contributed by atoms with van der Waals surface area (Å²) in [4.78, 5) is 15.3. The van der Waals surface area contributed by atoms with Crippen molar-refractivity contribution < 1.29 is 0 Å². The quantitative estimate of drug-likeness (QED) is 0.121. The van der Waals surface area contributed by atoms with Gasteiger partial charge in [0.05, 0.1) is 27.6 Å². The van der Waals surface area contributed by atoms with E-state index < -0.39 is 0 Å². The van der Waals surface area contributed by atoms with E-state index in [4.69, 9.17) is 21.4 Å². The number of terminal acetylenes is 1. The maximum absolute atomic E-state index is 6.12. The molecule has 0 fully saturated rings. The van der Waals surface area contributed by atoms with E-state index in [1.165, 1.54) is 27.6 Å². The Balaban J connectivity index is 1.25. The van der Waals surface area contributed by atoms with Gasteiger partial charge in [-0.05, 0) is 66.3 Å². The zero-order chi connectivity index (χ0) is 38.3. The summed E-state index contributed by atoms with van der Waals surface area (Å²) in [7, 11) is 0. The molecule has 0 bridgehead atoms. The topological polar surface area (TPSA) is 48.5 Å². The molecule has 0 radical (unpaired) electrons. The van der Waals surface area contributed by atoms with Crippen molar-refractivity contribution in [2.24, 2.45) is 0 Å². The van der Waals surface area contributed by atoms with Gasteiger partial charge in [-0.2, -0.15) is 9.97 Å². The molecule has 1 aliphatic carbocycles. The van der Waals surface area contributed by atoms with Crippen molar-refractivity contribution in [1.82, 2.24) is 24.1 Å². The Morgan fingerprint density at radius 3 is 1.84 bits per heavy atom. The van der Waals surface area contributed by atoms with Crippen molar-refractivity contribution in [2.45, 2.75) is 19.8 Å². The van der Waals surface area contributed by atoms with Crippen LogP contribution in [0.1, 0.15) is 31.2 Å². The Hall–Kier alpha value is -7.55.